The van der Waals surface area contributed by atoms with Crippen LogP contribution in [0.5, 0.6) is 5.75 Å². The van der Waals surface area contributed by atoms with Crippen molar-refractivity contribution in [3.05, 3.63) is 53.3 Å². The van der Waals surface area contributed by atoms with Crippen LogP contribution in [0.4, 0.5) is 10.1 Å². The molecule has 9 heteroatoms. The van der Waals surface area contributed by atoms with Crippen LogP contribution in [0.25, 0.3) is 0 Å². The molecule has 150 valence electrons. The van der Waals surface area contributed by atoms with Crippen molar-refractivity contribution < 1.29 is 27.4 Å². The van der Waals surface area contributed by atoms with E-state index in [4.69, 9.17) is 4.74 Å². The number of amides is 1. The Morgan fingerprint density at radius 1 is 1.21 bits per heavy atom. The number of hydrogen-bond donors (Lipinski definition) is 3. The van der Waals surface area contributed by atoms with Crippen molar-refractivity contribution in [3.63, 3.8) is 0 Å². The third-order valence-corrected chi connectivity index (χ3v) is 6.09. The number of anilines is 1. The van der Waals surface area contributed by atoms with Gasteiger partial charge in [-0.2, -0.15) is 0 Å². The molecule has 0 aliphatic heterocycles. The Morgan fingerprint density at radius 3 is 2.54 bits per heavy atom. The van der Waals surface area contributed by atoms with Gasteiger partial charge < -0.3 is 15.2 Å². The van der Waals surface area contributed by atoms with Crippen molar-refractivity contribution in [2.75, 3.05) is 12.4 Å². The quantitative estimate of drug-likeness (QED) is 0.680. The molecule has 2 aromatic rings. The van der Waals surface area contributed by atoms with Gasteiger partial charge in [-0.15, -0.1) is 0 Å². The monoisotopic (exact) mass is 408 g/mol. The minimum absolute atomic E-state index is 0.0287. The summed E-state index contributed by atoms with van der Waals surface area (Å²) in [5.41, 5.74) is 0.773. The molecule has 3 rings (SSSR count). The average molecular weight is 408 g/mol. The predicted molar refractivity (Wildman–Crippen MR) is 101 cm³/mol. The average Bonchev–Trinajstić information content (AvgIpc) is 2.62. The van der Waals surface area contributed by atoms with Crippen LogP contribution in [-0.4, -0.2) is 38.7 Å². The van der Waals surface area contributed by atoms with E-state index >= 15 is 0 Å². The lowest BCUT2D eigenvalue weighted by atomic mass is 9.91. The summed E-state index contributed by atoms with van der Waals surface area (Å²) in [7, 11) is -2.48. The summed E-state index contributed by atoms with van der Waals surface area (Å²) in [4.78, 5) is 12.6. The molecule has 28 heavy (non-hydrogen) atoms. The normalized spacial score (nSPS) is 19.0. The number of halogens is 1. The van der Waals surface area contributed by atoms with Crippen molar-refractivity contribution in [1.82, 2.24) is 4.72 Å². The molecule has 0 radical (unpaired) electrons. The Balaban J connectivity index is 1.85. The molecule has 0 bridgehead atoms. The second-order valence-corrected chi connectivity index (χ2v) is 8.44. The fraction of sp³-hybridized carbons (Fsp3) is 0.316. The van der Waals surface area contributed by atoms with Gasteiger partial charge in [0.25, 0.3) is 5.91 Å². The summed E-state index contributed by atoms with van der Waals surface area (Å²) in [6.07, 6.45) is 0.211. The minimum atomic E-state index is -3.86. The van der Waals surface area contributed by atoms with E-state index in [2.05, 4.69) is 10.0 Å². The van der Waals surface area contributed by atoms with E-state index in [1.807, 2.05) is 0 Å². The minimum Gasteiger partial charge on any atom is -0.496 e. The van der Waals surface area contributed by atoms with Crippen LogP contribution in [0.1, 0.15) is 28.8 Å². The molecule has 7 nitrogen and oxygen atoms in total. The first-order valence-corrected chi connectivity index (χ1v) is 10.1. The lowest BCUT2D eigenvalue weighted by Crippen LogP contribution is -2.46. The van der Waals surface area contributed by atoms with Crippen molar-refractivity contribution in [2.24, 2.45) is 0 Å². The second-order valence-electron chi connectivity index (χ2n) is 6.72. The standard InChI is InChI=1S/C19H21FN2O5S/c1-11-7-12(3-5-17(11)20)21-19(24)16-10-15(4-6-18(16)27-2)28(25,26)22-13-8-14(23)9-13/h3-7,10,13-14,22-23H,8-9H2,1-2H3,(H,21,24)/t13-,14+. The lowest BCUT2D eigenvalue weighted by molar-refractivity contribution is 0.0712. The van der Waals surface area contributed by atoms with Crippen LogP contribution >= 0.6 is 0 Å². The van der Waals surface area contributed by atoms with Gasteiger partial charge in [-0.3, -0.25) is 4.79 Å². The van der Waals surface area contributed by atoms with Crippen LogP contribution in [0.2, 0.25) is 0 Å². The van der Waals surface area contributed by atoms with E-state index in [0.29, 0.717) is 24.1 Å². The third kappa shape index (κ3) is 4.32. The van der Waals surface area contributed by atoms with Gasteiger partial charge in [-0.25, -0.2) is 17.5 Å². The van der Waals surface area contributed by atoms with Crippen LogP contribution < -0.4 is 14.8 Å². The lowest BCUT2D eigenvalue weighted by Gasteiger charge is -2.31. The molecule has 0 unspecified atom stereocenters. The highest BCUT2D eigenvalue weighted by atomic mass is 32.2. The molecule has 0 spiro atoms. The Morgan fingerprint density at radius 2 is 1.93 bits per heavy atom. The van der Waals surface area contributed by atoms with Gasteiger partial charge >= 0.3 is 0 Å². The summed E-state index contributed by atoms with van der Waals surface area (Å²) < 4.78 is 46.2. The van der Waals surface area contributed by atoms with E-state index in [1.54, 1.807) is 6.92 Å². The van der Waals surface area contributed by atoms with Gasteiger partial charge in [0.2, 0.25) is 10.0 Å². The van der Waals surface area contributed by atoms with Gasteiger partial charge in [-0.1, -0.05) is 0 Å². The number of carbonyl (C=O) groups is 1. The van der Waals surface area contributed by atoms with Gasteiger partial charge in [-0.05, 0) is 61.7 Å². The number of aliphatic hydroxyl groups excluding tert-OH is 1. The number of rotatable bonds is 6. The van der Waals surface area contributed by atoms with Gasteiger partial charge in [0, 0.05) is 11.7 Å². The van der Waals surface area contributed by atoms with Crippen molar-refractivity contribution >= 4 is 21.6 Å². The van der Waals surface area contributed by atoms with Crippen molar-refractivity contribution in [2.45, 2.75) is 36.8 Å². The highest BCUT2D eigenvalue weighted by Crippen LogP contribution is 2.26. The number of carbonyl (C=O) groups excluding carboxylic acids is 1. The molecule has 1 saturated carbocycles. The SMILES string of the molecule is COc1ccc(S(=O)(=O)N[C@H]2C[C@@H](O)C2)cc1C(=O)Nc1ccc(F)c(C)c1. The Bertz CT molecular complexity index is 1000. The van der Waals surface area contributed by atoms with E-state index in [0.717, 1.165) is 0 Å². The van der Waals surface area contributed by atoms with Crippen molar-refractivity contribution in [3.8, 4) is 5.75 Å². The predicted octanol–water partition coefficient (Wildman–Crippen LogP) is 2.20. The maximum absolute atomic E-state index is 13.4. The maximum Gasteiger partial charge on any atom is 0.259 e. The summed E-state index contributed by atoms with van der Waals surface area (Å²) in [5, 5.41) is 11.9. The zero-order valence-electron chi connectivity index (χ0n) is 15.4. The molecule has 1 amide bonds. The van der Waals surface area contributed by atoms with Crippen LogP contribution in [0, 0.1) is 12.7 Å². The number of aliphatic hydroxyl groups is 1. The molecule has 1 aliphatic carbocycles. The first kappa shape index (κ1) is 20.2. The highest BCUT2D eigenvalue weighted by Gasteiger charge is 2.31. The van der Waals surface area contributed by atoms with Crippen LogP contribution in [0.15, 0.2) is 41.3 Å². The van der Waals surface area contributed by atoms with E-state index in [-0.39, 0.29) is 22.3 Å². The fourth-order valence-corrected chi connectivity index (χ4v) is 4.21. The zero-order chi connectivity index (χ0) is 20.5. The Labute approximate surface area is 162 Å². The summed E-state index contributed by atoms with van der Waals surface area (Å²) in [5.74, 6) is -0.774. The first-order chi connectivity index (χ1) is 13.2. The summed E-state index contributed by atoms with van der Waals surface area (Å²) in [6.45, 7) is 1.57. The number of methoxy groups -OCH3 is 1. The maximum atomic E-state index is 13.4. The molecule has 1 aliphatic rings. The van der Waals surface area contributed by atoms with Crippen LogP contribution in [0.3, 0.4) is 0 Å². The van der Waals surface area contributed by atoms with E-state index < -0.39 is 27.9 Å². The molecule has 0 aromatic heterocycles. The number of benzene rings is 2. The second kappa shape index (κ2) is 7.86. The van der Waals surface area contributed by atoms with Crippen molar-refractivity contribution in [1.29, 1.82) is 0 Å². The Kier molecular flexibility index (Phi) is 5.69. The smallest absolute Gasteiger partial charge is 0.259 e. The van der Waals surface area contributed by atoms with Gasteiger partial charge in [0.15, 0.2) is 0 Å². The zero-order valence-corrected chi connectivity index (χ0v) is 16.2. The van der Waals surface area contributed by atoms with Gasteiger partial charge in [0.1, 0.15) is 11.6 Å². The molecule has 0 atom stereocenters. The molecule has 2 aromatic carbocycles. The number of nitrogens with one attached hydrogen (secondary N) is 2. The molecular formula is C19H21FN2O5S. The van der Waals surface area contributed by atoms with E-state index in [1.165, 1.54) is 43.5 Å². The number of aryl methyl sites for hydroxylation is 1. The fourth-order valence-electron chi connectivity index (χ4n) is 2.92. The van der Waals surface area contributed by atoms with E-state index in [9.17, 15) is 22.7 Å². The summed E-state index contributed by atoms with van der Waals surface area (Å²) >= 11 is 0. The summed E-state index contributed by atoms with van der Waals surface area (Å²) in [6, 6.07) is 7.76. The third-order valence-electron chi connectivity index (χ3n) is 4.58. The molecule has 0 heterocycles. The molecular weight excluding hydrogens is 387 g/mol. The largest absolute Gasteiger partial charge is 0.496 e. The molecule has 3 N–H and O–H groups in total. The Hall–Kier alpha value is -2.49. The highest BCUT2D eigenvalue weighted by molar-refractivity contribution is 7.89. The number of hydrogen-bond acceptors (Lipinski definition) is 5. The topological polar surface area (TPSA) is 105 Å². The first-order valence-electron chi connectivity index (χ1n) is 8.65. The van der Waals surface area contributed by atoms with Crippen LogP contribution in [-0.2, 0) is 10.0 Å². The number of sulfonamides is 1. The number of ether oxygens (including phenoxy) is 1. The van der Waals surface area contributed by atoms with Gasteiger partial charge in [0.05, 0.1) is 23.7 Å². The molecule has 1 fully saturated rings. The molecule has 0 saturated heterocycles.